The van der Waals surface area contributed by atoms with Crippen LogP contribution < -0.4 is 0 Å². The highest BCUT2D eigenvalue weighted by atomic mass is 16.5. The Bertz CT molecular complexity index is 505. The summed E-state index contributed by atoms with van der Waals surface area (Å²) in [5.41, 5.74) is 0.266. The molecule has 0 radical (unpaired) electrons. The fourth-order valence-electron chi connectivity index (χ4n) is 1.38. The van der Waals surface area contributed by atoms with Crippen LogP contribution in [0.3, 0.4) is 0 Å². The van der Waals surface area contributed by atoms with E-state index in [1.54, 1.807) is 6.07 Å². The van der Waals surface area contributed by atoms with Crippen molar-refractivity contribution >= 4 is 5.97 Å². The maximum atomic E-state index is 10.9. The van der Waals surface area contributed by atoms with Gasteiger partial charge in [0.1, 0.15) is 6.54 Å². The van der Waals surface area contributed by atoms with Gasteiger partial charge in [0.2, 0.25) is 0 Å². The van der Waals surface area contributed by atoms with E-state index < -0.39 is 5.97 Å². The smallest absolute Gasteiger partial charge is 0.358 e. The van der Waals surface area contributed by atoms with Gasteiger partial charge in [-0.2, -0.15) is 0 Å². The first-order valence-corrected chi connectivity index (χ1v) is 4.76. The van der Waals surface area contributed by atoms with Gasteiger partial charge in [-0.15, -0.1) is 5.10 Å². The van der Waals surface area contributed by atoms with Crippen molar-refractivity contribution in [3.05, 3.63) is 29.4 Å². The van der Waals surface area contributed by atoms with E-state index in [0.29, 0.717) is 11.5 Å². The molecule has 0 aliphatic heterocycles. The van der Waals surface area contributed by atoms with Crippen LogP contribution in [0, 0.1) is 0 Å². The molecule has 0 saturated carbocycles. The summed E-state index contributed by atoms with van der Waals surface area (Å²) in [6.07, 6.45) is 1.50. The molecule has 2 rings (SSSR count). The molecule has 0 aromatic carbocycles. The summed E-state index contributed by atoms with van der Waals surface area (Å²) in [7, 11) is 1.47. The van der Waals surface area contributed by atoms with Crippen molar-refractivity contribution in [2.75, 3.05) is 7.11 Å². The summed E-state index contributed by atoms with van der Waals surface area (Å²) in [6.45, 7) is 0.377. The Balaban J connectivity index is 2.30. The monoisotopic (exact) mass is 238 g/mol. The summed E-state index contributed by atoms with van der Waals surface area (Å²) in [5, 5.41) is 19.8. The van der Waals surface area contributed by atoms with E-state index in [1.807, 2.05) is 0 Å². The van der Waals surface area contributed by atoms with E-state index in [-0.39, 0.29) is 18.8 Å². The minimum atomic E-state index is -1.14. The van der Waals surface area contributed by atoms with E-state index in [4.69, 9.17) is 14.4 Å². The molecule has 90 valence electrons. The van der Waals surface area contributed by atoms with Gasteiger partial charge in [-0.1, -0.05) is 10.4 Å². The molecule has 8 heteroatoms. The van der Waals surface area contributed by atoms with E-state index in [9.17, 15) is 4.79 Å². The average Bonchev–Trinajstić information content (AvgIpc) is 2.90. The number of carboxylic acids is 1. The van der Waals surface area contributed by atoms with Crippen molar-refractivity contribution in [3.8, 4) is 0 Å². The molecule has 17 heavy (non-hydrogen) atoms. The molecule has 2 heterocycles. The van der Waals surface area contributed by atoms with Gasteiger partial charge in [0.25, 0.3) is 0 Å². The first-order valence-electron chi connectivity index (χ1n) is 4.76. The van der Waals surface area contributed by atoms with Gasteiger partial charge >= 0.3 is 5.97 Å². The summed E-state index contributed by atoms with van der Waals surface area (Å²) >= 11 is 0. The van der Waals surface area contributed by atoms with Crippen LogP contribution in [0.5, 0.6) is 0 Å². The van der Waals surface area contributed by atoms with Crippen LogP contribution in [0.2, 0.25) is 0 Å². The van der Waals surface area contributed by atoms with E-state index >= 15 is 0 Å². The Morgan fingerprint density at radius 3 is 3.06 bits per heavy atom. The van der Waals surface area contributed by atoms with Gasteiger partial charge in [0.05, 0.1) is 18.5 Å². The zero-order valence-corrected chi connectivity index (χ0v) is 9.03. The number of rotatable bonds is 5. The maximum absolute atomic E-state index is 10.9. The van der Waals surface area contributed by atoms with Crippen molar-refractivity contribution in [1.29, 1.82) is 0 Å². The van der Waals surface area contributed by atoms with Gasteiger partial charge < -0.3 is 14.4 Å². The van der Waals surface area contributed by atoms with Gasteiger partial charge in [-0.25, -0.2) is 9.48 Å². The van der Waals surface area contributed by atoms with Crippen LogP contribution in [0.15, 0.2) is 16.8 Å². The van der Waals surface area contributed by atoms with Crippen LogP contribution in [-0.2, 0) is 17.9 Å². The molecule has 0 atom stereocenters. The molecule has 0 amide bonds. The number of aromatic carboxylic acids is 1. The van der Waals surface area contributed by atoms with Crippen LogP contribution in [0.4, 0.5) is 0 Å². The van der Waals surface area contributed by atoms with E-state index in [0.717, 1.165) is 0 Å². The number of aromatic nitrogens is 4. The molecule has 1 N–H and O–H groups in total. The Kier molecular flexibility index (Phi) is 3.15. The quantitative estimate of drug-likeness (QED) is 0.791. The zero-order chi connectivity index (χ0) is 12.3. The first kappa shape index (κ1) is 11.3. The minimum absolute atomic E-state index is 0.114. The third-order valence-electron chi connectivity index (χ3n) is 2.12. The molecular formula is C9H10N4O4. The lowest BCUT2D eigenvalue weighted by Gasteiger charge is -2.03. The van der Waals surface area contributed by atoms with Gasteiger partial charge in [0.15, 0.2) is 11.5 Å². The fraction of sp³-hybridized carbons (Fsp3) is 0.333. The second kappa shape index (κ2) is 4.74. The third kappa shape index (κ3) is 2.31. The Hall–Kier alpha value is -2.22. The lowest BCUT2D eigenvalue weighted by Crippen LogP contribution is -2.10. The van der Waals surface area contributed by atoms with Gasteiger partial charge in [0, 0.05) is 13.2 Å². The zero-order valence-electron chi connectivity index (χ0n) is 9.03. The van der Waals surface area contributed by atoms with Crippen molar-refractivity contribution in [2.45, 2.75) is 13.2 Å². The largest absolute Gasteiger partial charge is 0.476 e. The number of hydrogen-bond acceptors (Lipinski definition) is 6. The lowest BCUT2D eigenvalue weighted by molar-refractivity contribution is 0.0684. The normalized spacial score (nSPS) is 10.6. The number of carboxylic acid groups (broad SMARTS) is 1. The summed E-state index contributed by atoms with van der Waals surface area (Å²) < 4.78 is 11.3. The van der Waals surface area contributed by atoms with Crippen LogP contribution in [0.1, 0.15) is 21.9 Å². The topological polar surface area (TPSA) is 103 Å². The second-order valence-electron chi connectivity index (χ2n) is 3.26. The Morgan fingerprint density at radius 2 is 2.47 bits per heavy atom. The standard InChI is InChI=1S/C9H10N4O4/c1-16-5-7-8(9(14)15)11-12-13(7)4-6-2-3-10-17-6/h2-3H,4-5H2,1H3,(H,14,15). The van der Waals surface area contributed by atoms with Gasteiger partial charge in [-0.05, 0) is 0 Å². The number of nitrogens with zero attached hydrogens (tertiary/aromatic N) is 4. The number of methoxy groups -OCH3 is 1. The molecule has 0 fully saturated rings. The maximum Gasteiger partial charge on any atom is 0.358 e. The first-order chi connectivity index (χ1) is 8.22. The molecule has 0 spiro atoms. The summed E-state index contributed by atoms with van der Waals surface area (Å²) in [6, 6.07) is 1.67. The van der Waals surface area contributed by atoms with Crippen LogP contribution in [0.25, 0.3) is 0 Å². The van der Waals surface area contributed by atoms with Crippen molar-refractivity contribution < 1.29 is 19.2 Å². The second-order valence-corrected chi connectivity index (χ2v) is 3.26. The van der Waals surface area contributed by atoms with Crippen molar-refractivity contribution in [1.82, 2.24) is 20.2 Å². The molecular weight excluding hydrogens is 228 g/mol. The summed E-state index contributed by atoms with van der Waals surface area (Å²) in [5.74, 6) is -0.579. The van der Waals surface area contributed by atoms with E-state index in [1.165, 1.54) is 18.0 Å². The van der Waals surface area contributed by atoms with Gasteiger partial charge in [-0.3, -0.25) is 0 Å². The molecule has 0 unspecified atom stereocenters. The minimum Gasteiger partial charge on any atom is -0.476 e. The highest BCUT2D eigenvalue weighted by Crippen LogP contribution is 2.09. The SMILES string of the molecule is COCc1c(C(=O)O)nnn1Cc1ccno1. The molecule has 0 aliphatic carbocycles. The van der Waals surface area contributed by atoms with E-state index in [2.05, 4.69) is 15.5 Å². The molecule has 8 nitrogen and oxygen atoms in total. The number of ether oxygens (including phenoxy) is 1. The Labute approximate surface area is 95.8 Å². The predicted octanol–water partition coefficient (Wildman–Crippen LogP) is 0.159. The van der Waals surface area contributed by atoms with Crippen LogP contribution >= 0.6 is 0 Å². The highest BCUT2D eigenvalue weighted by molar-refractivity contribution is 5.86. The van der Waals surface area contributed by atoms with Crippen LogP contribution in [-0.4, -0.2) is 38.3 Å². The number of carbonyl (C=O) groups is 1. The van der Waals surface area contributed by atoms with Crippen molar-refractivity contribution in [2.24, 2.45) is 0 Å². The molecule has 0 saturated heterocycles. The summed E-state index contributed by atoms with van der Waals surface area (Å²) in [4.78, 5) is 10.9. The third-order valence-corrected chi connectivity index (χ3v) is 2.12. The molecule has 2 aromatic heterocycles. The molecule has 0 aliphatic rings. The fourth-order valence-corrected chi connectivity index (χ4v) is 1.38. The highest BCUT2D eigenvalue weighted by Gasteiger charge is 2.19. The Morgan fingerprint density at radius 1 is 1.65 bits per heavy atom. The lowest BCUT2D eigenvalue weighted by atomic mass is 10.3. The predicted molar refractivity (Wildman–Crippen MR) is 53.3 cm³/mol. The van der Waals surface area contributed by atoms with Crippen molar-refractivity contribution in [3.63, 3.8) is 0 Å². The molecule has 0 bridgehead atoms. The number of hydrogen-bond donors (Lipinski definition) is 1. The average molecular weight is 238 g/mol. The molecule has 2 aromatic rings.